The Hall–Kier alpha value is -3.11. The van der Waals surface area contributed by atoms with Crippen LogP contribution in [0.15, 0.2) is 36.7 Å². The Morgan fingerprint density at radius 1 is 1.26 bits per heavy atom. The average Bonchev–Trinajstić information content (AvgIpc) is 3.16. The van der Waals surface area contributed by atoms with Crippen molar-refractivity contribution in [3.63, 3.8) is 0 Å². The van der Waals surface area contributed by atoms with Crippen LogP contribution in [0.5, 0.6) is 0 Å². The first-order valence-corrected chi connectivity index (χ1v) is 9.66. The van der Waals surface area contributed by atoms with Gasteiger partial charge in [0.05, 0.1) is 0 Å². The molecular formula is C20H22F4N4O3. The van der Waals surface area contributed by atoms with Crippen molar-refractivity contribution in [2.24, 2.45) is 13.0 Å². The highest BCUT2D eigenvalue weighted by atomic mass is 19.4. The van der Waals surface area contributed by atoms with Gasteiger partial charge in [0.1, 0.15) is 17.7 Å². The second-order valence-electron chi connectivity index (χ2n) is 7.29. The third kappa shape index (κ3) is 5.74. The number of aromatic nitrogens is 2. The molecule has 1 aliphatic heterocycles. The number of carbonyl (C=O) groups excluding carboxylic acids is 2. The molecule has 0 saturated carbocycles. The van der Waals surface area contributed by atoms with Crippen LogP contribution in [0.3, 0.4) is 0 Å². The van der Waals surface area contributed by atoms with E-state index in [4.69, 9.17) is 0 Å². The van der Waals surface area contributed by atoms with E-state index in [1.54, 1.807) is 42.2 Å². The van der Waals surface area contributed by atoms with Gasteiger partial charge in [0.25, 0.3) is 0 Å². The quantitative estimate of drug-likeness (QED) is 0.722. The summed E-state index contributed by atoms with van der Waals surface area (Å²) in [7, 11) is 1.73. The fourth-order valence-electron chi connectivity index (χ4n) is 3.47. The van der Waals surface area contributed by atoms with Gasteiger partial charge in [-0.25, -0.2) is 14.2 Å². The average molecular weight is 442 g/mol. The number of imidazole rings is 1. The van der Waals surface area contributed by atoms with E-state index >= 15 is 0 Å². The van der Waals surface area contributed by atoms with Crippen molar-refractivity contribution >= 4 is 12.0 Å². The summed E-state index contributed by atoms with van der Waals surface area (Å²) in [5, 5.41) is 2.83. The fourth-order valence-corrected chi connectivity index (χ4v) is 3.47. The minimum absolute atomic E-state index is 0.0849. The van der Waals surface area contributed by atoms with Gasteiger partial charge >= 0.3 is 12.3 Å². The van der Waals surface area contributed by atoms with Gasteiger partial charge < -0.3 is 19.5 Å². The Bertz CT molecular complexity index is 923. The van der Waals surface area contributed by atoms with Crippen molar-refractivity contribution in [3.8, 4) is 0 Å². The monoisotopic (exact) mass is 442 g/mol. The predicted molar refractivity (Wildman–Crippen MR) is 101 cm³/mol. The second-order valence-corrected chi connectivity index (χ2v) is 7.29. The van der Waals surface area contributed by atoms with E-state index < -0.39 is 36.7 Å². The number of rotatable bonds is 5. The summed E-state index contributed by atoms with van der Waals surface area (Å²) in [6.07, 6.45) is -1.94. The number of ether oxygens (including phenoxy) is 1. The lowest BCUT2D eigenvalue weighted by Crippen LogP contribution is -2.44. The Morgan fingerprint density at radius 3 is 2.52 bits per heavy atom. The molecule has 168 valence electrons. The number of halogens is 4. The Morgan fingerprint density at radius 2 is 1.94 bits per heavy atom. The summed E-state index contributed by atoms with van der Waals surface area (Å²) >= 11 is 0. The predicted octanol–water partition coefficient (Wildman–Crippen LogP) is 3.18. The van der Waals surface area contributed by atoms with Crippen LogP contribution in [-0.4, -0.2) is 52.3 Å². The van der Waals surface area contributed by atoms with Gasteiger partial charge in [-0.2, -0.15) is 13.2 Å². The van der Waals surface area contributed by atoms with Crippen LogP contribution in [-0.2, 0) is 16.6 Å². The smallest absolute Gasteiger partial charge is 0.422 e. The first-order valence-electron chi connectivity index (χ1n) is 9.66. The molecule has 1 fully saturated rings. The number of amides is 2. The number of nitrogens with zero attached hydrogens (tertiary/aromatic N) is 3. The van der Waals surface area contributed by atoms with Crippen molar-refractivity contribution in [1.29, 1.82) is 0 Å². The van der Waals surface area contributed by atoms with Crippen molar-refractivity contribution in [3.05, 3.63) is 53.9 Å². The van der Waals surface area contributed by atoms with Gasteiger partial charge in [-0.05, 0) is 18.9 Å². The van der Waals surface area contributed by atoms with Gasteiger partial charge in [0.2, 0.25) is 5.91 Å². The molecule has 0 aliphatic carbocycles. The van der Waals surface area contributed by atoms with Gasteiger partial charge in [-0.3, -0.25) is 4.79 Å². The summed E-state index contributed by atoms with van der Waals surface area (Å²) < 4.78 is 57.0. The normalized spacial score (nSPS) is 16.1. The Kier molecular flexibility index (Phi) is 6.81. The summed E-state index contributed by atoms with van der Waals surface area (Å²) in [6.45, 7) is -1.48. The maximum absolute atomic E-state index is 14.4. The molecule has 3 rings (SSSR count). The zero-order valence-corrected chi connectivity index (χ0v) is 16.7. The maximum atomic E-state index is 14.4. The van der Waals surface area contributed by atoms with E-state index in [1.807, 2.05) is 0 Å². The molecule has 2 amide bonds. The highest BCUT2D eigenvalue weighted by Crippen LogP contribution is 2.26. The minimum atomic E-state index is -4.60. The molecule has 0 spiro atoms. The number of aryl methyl sites for hydroxylation is 1. The minimum Gasteiger partial charge on any atom is -0.440 e. The molecule has 1 N–H and O–H groups in total. The number of likely N-dealkylation sites (tertiary alicyclic amines) is 1. The van der Waals surface area contributed by atoms with Crippen LogP contribution in [0.4, 0.5) is 22.4 Å². The number of nitrogens with one attached hydrogen (secondary N) is 1. The Labute approximate surface area is 176 Å². The summed E-state index contributed by atoms with van der Waals surface area (Å²) in [4.78, 5) is 30.0. The third-order valence-corrected chi connectivity index (χ3v) is 5.10. The zero-order chi connectivity index (χ0) is 22.6. The molecule has 2 aromatic rings. The highest BCUT2D eigenvalue weighted by molar-refractivity contribution is 5.80. The maximum Gasteiger partial charge on any atom is 0.422 e. The fraction of sp³-hybridized carbons (Fsp3) is 0.450. The number of hydrogen-bond acceptors (Lipinski definition) is 4. The lowest BCUT2D eigenvalue weighted by atomic mass is 9.95. The van der Waals surface area contributed by atoms with E-state index in [0.717, 1.165) is 4.90 Å². The summed E-state index contributed by atoms with van der Waals surface area (Å²) in [5.41, 5.74) is 0.262. The van der Waals surface area contributed by atoms with E-state index in [0.29, 0.717) is 5.82 Å². The van der Waals surface area contributed by atoms with Crippen LogP contribution in [0.25, 0.3) is 0 Å². The molecule has 0 bridgehead atoms. The Balaban J connectivity index is 1.64. The van der Waals surface area contributed by atoms with Gasteiger partial charge in [-0.15, -0.1) is 0 Å². The van der Waals surface area contributed by atoms with Gasteiger partial charge in [0, 0.05) is 44.0 Å². The first-order chi connectivity index (χ1) is 14.7. The second kappa shape index (κ2) is 9.36. The summed E-state index contributed by atoms with van der Waals surface area (Å²) in [6, 6.07) is 5.25. The third-order valence-electron chi connectivity index (χ3n) is 5.10. The van der Waals surface area contributed by atoms with E-state index in [2.05, 4.69) is 15.0 Å². The molecule has 1 unspecified atom stereocenters. The molecule has 31 heavy (non-hydrogen) atoms. The molecule has 2 heterocycles. The van der Waals surface area contributed by atoms with Crippen LogP contribution in [0.2, 0.25) is 0 Å². The molecule has 1 aliphatic rings. The van der Waals surface area contributed by atoms with Crippen LogP contribution in [0.1, 0.15) is 30.3 Å². The zero-order valence-electron chi connectivity index (χ0n) is 16.7. The largest absolute Gasteiger partial charge is 0.440 e. The first kappa shape index (κ1) is 22.6. The molecule has 1 atom stereocenters. The van der Waals surface area contributed by atoms with Gasteiger partial charge in [-0.1, -0.05) is 18.2 Å². The van der Waals surface area contributed by atoms with Crippen LogP contribution in [0, 0.1) is 11.7 Å². The number of hydrogen-bond donors (Lipinski definition) is 1. The van der Waals surface area contributed by atoms with E-state index in [1.165, 1.54) is 6.07 Å². The van der Waals surface area contributed by atoms with Crippen molar-refractivity contribution in [2.45, 2.75) is 25.1 Å². The molecule has 1 aromatic heterocycles. The lowest BCUT2D eigenvalue weighted by molar-refractivity contribution is -0.162. The highest BCUT2D eigenvalue weighted by Gasteiger charge is 2.34. The number of alkyl halides is 3. The van der Waals surface area contributed by atoms with Crippen molar-refractivity contribution in [2.75, 3.05) is 19.7 Å². The molecular weight excluding hydrogens is 420 g/mol. The topological polar surface area (TPSA) is 76.5 Å². The summed E-state index contributed by atoms with van der Waals surface area (Å²) in [5.74, 6) is -0.870. The van der Waals surface area contributed by atoms with Crippen molar-refractivity contribution < 1.29 is 31.9 Å². The number of benzene rings is 1. The molecule has 1 saturated heterocycles. The number of piperidine rings is 1. The van der Waals surface area contributed by atoms with E-state index in [9.17, 15) is 27.2 Å². The SMILES string of the molecule is Cn1ccnc1C(NC(=O)C1CCN(C(=O)OCC(F)(F)F)CC1)c1ccccc1F. The molecule has 7 nitrogen and oxygen atoms in total. The van der Waals surface area contributed by atoms with Gasteiger partial charge in [0.15, 0.2) is 6.61 Å². The molecule has 1 aromatic carbocycles. The van der Waals surface area contributed by atoms with Crippen LogP contribution < -0.4 is 5.32 Å². The molecule has 0 radical (unpaired) electrons. The standard InChI is InChI=1S/C20H22F4N4O3/c1-27-11-8-25-17(27)16(14-4-2-3-5-15(14)21)26-18(29)13-6-9-28(10-7-13)19(30)31-12-20(22,23)24/h2-5,8,11,13,16H,6-7,9-10,12H2,1H3,(H,26,29). The van der Waals surface area contributed by atoms with E-state index in [-0.39, 0.29) is 37.4 Å². The number of carbonyl (C=O) groups is 2. The lowest BCUT2D eigenvalue weighted by Gasteiger charge is -2.31. The van der Waals surface area contributed by atoms with Crippen molar-refractivity contribution in [1.82, 2.24) is 19.8 Å². The van der Waals surface area contributed by atoms with Crippen LogP contribution >= 0.6 is 0 Å². The molecule has 11 heteroatoms.